The molecule has 0 fully saturated rings. The maximum atomic E-state index is 5.88. The number of rotatable bonds is 9. The SMILES string of the molecule is Cc1cc(C)cc(OCCNc2cccc(OCCc3ccccc3)c2)c1. The molecule has 0 aliphatic rings. The molecule has 0 unspecified atom stereocenters. The molecule has 0 saturated carbocycles. The molecular formula is C24H27NO2. The molecule has 0 heterocycles. The smallest absolute Gasteiger partial charge is 0.121 e. The fraction of sp³-hybridized carbons (Fsp3) is 0.250. The minimum absolute atomic E-state index is 0.613. The van der Waals surface area contributed by atoms with Gasteiger partial charge < -0.3 is 14.8 Å². The molecule has 3 heteroatoms. The summed E-state index contributed by atoms with van der Waals surface area (Å²) in [6.07, 6.45) is 0.905. The van der Waals surface area contributed by atoms with Gasteiger partial charge >= 0.3 is 0 Å². The van der Waals surface area contributed by atoms with Gasteiger partial charge in [0, 0.05) is 24.7 Å². The second kappa shape index (κ2) is 9.67. The normalized spacial score (nSPS) is 10.4. The van der Waals surface area contributed by atoms with Crippen LogP contribution in [0.1, 0.15) is 16.7 Å². The molecule has 140 valence electrons. The summed E-state index contributed by atoms with van der Waals surface area (Å²) < 4.78 is 11.7. The summed E-state index contributed by atoms with van der Waals surface area (Å²) >= 11 is 0. The summed E-state index contributed by atoms with van der Waals surface area (Å²) in [6.45, 7) is 6.19. The summed E-state index contributed by atoms with van der Waals surface area (Å²) in [5.74, 6) is 1.80. The van der Waals surface area contributed by atoms with E-state index in [9.17, 15) is 0 Å². The second-order valence-electron chi connectivity index (χ2n) is 6.71. The van der Waals surface area contributed by atoms with Gasteiger partial charge in [0.2, 0.25) is 0 Å². The molecule has 0 saturated heterocycles. The van der Waals surface area contributed by atoms with Crippen LogP contribution >= 0.6 is 0 Å². The van der Waals surface area contributed by atoms with E-state index in [0.29, 0.717) is 13.2 Å². The maximum absolute atomic E-state index is 5.88. The molecule has 3 rings (SSSR count). The van der Waals surface area contributed by atoms with Gasteiger partial charge in [0.15, 0.2) is 0 Å². The molecule has 0 aliphatic carbocycles. The summed E-state index contributed by atoms with van der Waals surface area (Å²) in [4.78, 5) is 0. The molecule has 0 aliphatic heterocycles. The Bertz CT molecular complexity index is 826. The first kappa shape index (κ1) is 18.8. The summed E-state index contributed by atoms with van der Waals surface area (Å²) in [5.41, 5.74) is 4.77. The Kier molecular flexibility index (Phi) is 6.75. The second-order valence-corrected chi connectivity index (χ2v) is 6.71. The van der Waals surface area contributed by atoms with Crippen LogP contribution in [-0.2, 0) is 6.42 Å². The Labute approximate surface area is 162 Å². The van der Waals surface area contributed by atoms with Gasteiger partial charge in [-0.2, -0.15) is 0 Å². The van der Waals surface area contributed by atoms with Crippen molar-refractivity contribution in [3.05, 3.63) is 89.5 Å². The van der Waals surface area contributed by atoms with Crippen LogP contribution in [0.25, 0.3) is 0 Å². The maximum Gasteiger partial charge on any atom is 0.121 e. The van der Waals surface area contributed by atoms with Crippen LogP contribution in [0.2, 0.25) is 0 Å². The zero-order valence-electron chi connectivity index (χ0n) is 16.1. The van der Waals surface area contributed by atoms with E-state index >= 15 is 0 Å². The predicted molar refractivity (Wildman–Crippen MR) is 112 cm³/mol. The minimum atomic E-state index is 0.613. The van der Waals surface area contributed by atoms with Crippen LogP contribution in [-0.4, -0.2) is 19.8 Å². The lowest BCUT2D eigenvalue weighted by Crippen LogP contribution is -2.11. The Morgan fingerprint density at radius 3 is 2.22 bits per heavy atom. The van der Waals surface area contributed by atoms with Crippen molar-refractivity contribution in [2.45, 2.75) is 20.3 Å². The summed E-state index contributed by atoms with van der Waals surface area (Å²) in [6, 6.07) is 24.7. The van der Waals surface area contributed by atoms with E-state index in [0.717, 1.165) is 30.2 Å². The first-order valence-electron chi connectivity index (χ1n) is 9.41. The Morgan fingerprint density at radius 1 is 0.704 bits per heavy atom. The lowest BCUT2D eigenvalue weighted by molar-refractivity contribution is 0.322. The van der Waals surface area contributed by atoms with Crippen LogP contribution < -0.4 is 14.8 Å². The van der Waals surface area contributed by atoms with E-state index in [4.69, 9.17) is 9.47 Å². The molecule has 3 nitrogen and oxygen atoms in total. The minimum Gasteiger partial charge on any atom is -0.493 e. The van der Waals surface area contributed by atoms with Crippen molar-refractivity contribution >= 4 is 5.69 Å². The lowest BCUT2D eigenvalue weighted by atomic mass is 10.1. The third-order valence-corrected chi connectivity index (χ3v) is 4.23. The Balaban J connectivity index is 1.42. The molecule has 0 bridgehead atoms. The fourth-order valence-corrected chi connectivity index (χ4v) is 3.01. The highest BCUT2D eigenvalue weighted by Crippen LogP contribution is 2.18. The Hall–Kier alpha value is -2.94. The van der Waals surface area contributed by atoms with Gasteiger partial charge in [0.25, 0.3) is 0 Å². The molecule has 1 N–H and O–H groups in total. The monoisotopic (exact) mass is 361 g/mol. The third-order valence-electron chi connectivity index (χ3n) is 4.23. The third kappa shape index (κ3) is 6.37. The number of nitrogens with one attached hydrogen (secondary N) is 1. The average molecular weight is 361 g/mol. The molecule has 0 amide bonds. The summed E-state index contributed by atoms with van der Waals surface area (Å²) in [7, 11) is 0. The number of ether oxygens (including phenoxy) is 2. The first-order valence-corrected chi connectivity index (χ1v) is 9.41. The van der Waals surface area contributed by atoms with Gasteiger partial charge in [0.1, 0.15) is 18.1 Å². The standard InChI is InChI=1S/C24H27NO2/c1-19-15-20(2)17-24(16-19)27-14-12-25-22-9-6-10-23(18-22)26-13-11-21-7-4-3-5-8-21/h3-10,15-18,25H,11-14H2,1-2H3. The number of hydrogen-bond donors (Lipinski definition) is 1. The number of aryl methyl sites for hydroxylation is 2. The van der Waals surface area contributed by atoms with E-state index < -0.39 is 0 Å². The van der Waals surface area contributed by atoms with Gasteiger partial charge in [0.05, 0.1) is 6.61 Å². The van der Waals surface area contributed by atoms with Gasteiger partial charge in [-0.3, -0.25) is 0 Å². The molecule has 0 spiro atoms. The molecule has 3 aromatic carbocycles. The summed E-state index contributed by atoms with van der Waals surface area (Å²) in [5, 5.41) is 3.39. The van der Waals surface area contributed by atoms with Gasteiger partial charge in [-0.1, -0.05) is 42.5 Å². The van der Waals surface area contributed by atoms with Crippen molar-refractivity contribution in [2.75, 3.05) is 25.1 Å². The topological polar surface area (TPSA) is 30.5 Å². The van der Waals surface area contributed by atoms with Gasteiger partial charge in [-0.15, -0.1) is 0 Å². The lowest BCUT2D eigenvalue weighted by Gasteiger charge is -2.11. The molecule has 0 atom stereocenters. The van der Waals surface area contributed by atoms with Crippen LogP contribution in [0.3, 0.4) is 0 Å². The van der Waals surface area contributed by atoms with Gasteiger partial charge in [-0.25, -0.2) is 0 Å². The van der Waals surface area contributed by atoms with Crippen LogP contribution in [0, 0.1) is 13.8 Å². The fourth-order valence-electron chi connectivity index (χ4n) is 3.01. The highest BCUT2D eigenvalue weighted by Gasteiger charge is 2.00. The van der Waals surface area contributed by atoms with Crippen molar-refractivity contribution in [1.82, 2.24) is 0 Å². The zero-order chi connectivity index (χ0) is 18.9. The molecule has 0 aromatic heterocycles. The van der Waals surface area contributed by atoms with E-state index in [2.05, 4.69) is 61.6 Å². The van der Waals surface area contributed by atoms with E-state index in [-0.39, 0.29) is 0 Å². The van der Waals surface area contributed by atoms with Crippen LogP contribution in [0.4, 0.5) is 5.69 Å². The predicted octanol–water partition coefficient (Wildman–Crippen LogP) is 5.42. The van der Waals surface area contributed by atoms with E-state index in [1.165, 1.54) is 16.7 Å². The molecule has 3 aromatic rings. The van der Waals surface area contributed by atoms with Crippen molar-refractivity contribution in [2.24, 2.45) is 0 Å². The van der Waals surface area contributed by atoms with Crippen LogP contribution in [0.5, 0.6) is 11.5 Å². The Morgan fingerprint density at radius 2 is 1.44 bits per heavy atom. The quantitative estimate of drug-likeness (QED) is 0.517. The molecule has 27 heavy (non-hydrogen) atoms. The zero-order valence-corrected chi connectivity index (χ0v) is 16.1. The molecule has 0 radical (unpaired) electrons. The number of benzene rings is 3. The van der Waals surface area contributed by atoms with Crippen molar-refractivity contribution < 1.29 is 9.47 Å². The highest BCUT2D eigenvalue weighted by atomic mass is 16.5. The highest BCUT2D eigenvalue weighted by molar-refractivity contribution is 5.48. The van der Waals surface area contributed by atoms with Crippen LogP contribution in [0.15, 0.2) is 72.8 Å². The molecular weight excluding hydrogens is 334 g/mol. The first-order chi connectivity index (χ1) is 13.2. The van der Waals surface area contributed by atoms with Crippen molar-refractivity contribution in [3.63, 3.8) is 0 Å². The average Bonchev–Trinajstić information content (AvgIpc) is 2.66. The van der Waals surface area contributed by atoms with Crippen molar-refractivity contribution in [3.8, 4) is 11.5 Å². The van der Waals surface area contributed by atoms with E-state index in [1.54, 1.807) is 0 Å². The number of hydrogen-bond acceptors (Lipinski definition) is 3. The number of anilines is 1. The van der Waals surface area contributed by atoms with Crippen molar-refractivity contribution in [1.29, 1.82) is 0 Å². The van der Waals surface area contributed by atoms with E-state index in [1.807, 2.05) is 30.3 Å². The largest absolute Gasteiger partial charge is 0.493 e. The van der Waals surface area contributed by atoms with Gasteiger partial charge in [-0.05, 0) is 54.8 Å².